The van der Waals surface area contributed by atoms with E-state index in [4.69, 9.17) is 14.7 Å². The highest BCUT2D eigenvalue weighted by atomic mass is 16.7. The zero-order chi connectivity index (χ0) is 16.9. The number of allylic oxidation sites excluding steroid dienone is 2. The van der Waals surface area contributed by atoms with Crippen LogP contribution in [0.1, 0.15) is 43.2 Å². The summed E-state index contributed by atoms with van der Waals surface area (Å²) in [4.78, 5) is 0. The first kappa shape index (κ1) is 17.8. The Morgan fingerprint density at radius 2 is 2.00 bits per heavy atom. The molecule has 1 atom stereocenters. The summed E-state index contributed by atoms with van der Waals surface area (Å²) in [6, 6.07) is 9.42. The molecule has 1 aliphatic heterocycles. The lowest BCUT2D eigenvalue weighted by molar-refractivity contribution is -0.162. The van der Waals surface area contributed by atoms with Gasteiger partial charge in [0.15, 0.2) is 6.29 Å². The zero-order valence-electron chi connectivity index (χ0n) is 13.8. The minimum absolute atomic E-state index is 0.0156. The molecule has 24 heavy (non-hydrogen) atoms. The van der Waals surface area contributed by atoms with Crippen LogP contribution in [0, 0.1) is 35.0 Å². The van der Waals surface area contributed by atoms with Crippen LogP contribution in [-0.2, 0) is 9.47 Å². The number of ether oxygens (including phenoxy) is 2. The summed E-state index contributed by atoms with van der Waals surface area (Å²) in [7, 11) is 0. The average molecular weight is 319 g/mol. The minimum Gasteiger partial charge on any atom is -0.353 e. The van der Waals surface area contributed by atoms with E-state index in [-0.39, 0.29) is 6.29 Å². The third kappa shape index (κ3) is 6.72. The second kappa shape index (κ2) is 11.1. The van der Waals surface area contributed by atoms with Crippen molar-refractivity contribution < 1.29 is 9.47 Å². The standard InChI is InChI=1S/C21H21NO2/c22-18-20-14-8-7-13-19(20)12-6-4-2-1-3-5-10-16-23-21-15-9-11-17-24-21/h2,4,7-8,13-14,21H,5,9-11,15-17H2. The molecule has 122 valence electrons. The Bertz CT molecular complexity index is 701. The molecule has 0 spiro atoms. The summed E-state index contributed by atoms with van der Waals surface area (Å²) in [5.74, 6) is 11.9. The molecule has 1 aliphatic rings. The molecule has 1 saturated heterocycles. The highest BCUT2D eigenvalue weighted by Gasteiger charge is 2.12. The van der Waals surface area contributed by atoms with Crippen molar-refractivity contribution >= 4 is 0 Å². The Hall–Kier alpha value is -2.51. The molecule has 1 aromatic rings. The largest absolute Gasteiger partial charge is 0.353 e. The Morgan fingerprint density at radius 3 is 2.79 bits per heavy atom. The zero-order valence-corrected chi connectivity index (χ0v) is 13.8. The van der Waals surface area contributed by atoms with Gasteiger partial charge in [0.25, 0.3) is 0 Å². The van der Waals surface area contributed by atoms with Gasteiger partial charge in [-0.3, -0.25) is 0 Å². The van der Waals surface area contributed by atoms with E-state index in [2.05, 4.69) is 29.8 Å². The van der Waals surface area contributed by atoms with Crippen molar-refractivity contribution in [1.29, 1.82) is 5.26 Å². The Kier molecular flexibility index (Phi) is 8.24. The number of rotatable bonds is 4. The number of hydrogen-bond acceptors (Lipinski definition) is 3. The topological polar surface area (TPSA) is 42.2 Å². The third-order valence-corrected chi connectivity index (χ3v) is 3.49. The predicted octanol–water partition coefficient (Wildman–Crippen LogP) is 3.79. The van der Waals surface area contributed by atoms with E-state index < -0.39 is 0 Å². The van der Waals surface area contributed by atoms with Crippen LogP contribution >= 0.6 is 0 Å². The molecule has 0 amide bonds. The van der Waals surface area contributed by atoms with E-state index >= 15 is 0 Å². The predicted molar refractivity (Wildman–Crippen MR) is 93.7 cm³/mol. The van der Waals surface area contributed by atoms with E-state index in [1.54, 1.807) is 18.2 Å². The van der Waals surface area contributed by atoms with Crippen LogP contribution in [-0.4, -0.2) is 19.5 Å². The first-order chi connectivity index (χ1) is 11.9. The van der Waals surface area contributed by atoms with Crippen molar-refractivity contribution in [3.05, 3.63) is 47.5 Å². The second-order valence-corrected chi connectivity index (χ2v) is 5.35. The Morgan fingerprint density at radius 1 is 1.17 bits per heavy atom. The first-order valence-corrected chi connectivity index (χ1v) is 8.27. The van der Waals surface area contributed by atoms with Gasteiger partial charge in [-0.05, 0) is 50.0 Å². The van der Waals surface area contributed by atoms with E-state index in [9.17, 15) is 0 Å². The van der Waals surface area contributed by atoms with Gasteiger partial charge >= 0.3 is 0 Å². The highest BCUT2D eigenvalue weighted by Crippen LogP contribution is 2.13. The molecule has 1 fully saturated rings. The number of nitrogens with zero attached hydrogens (tertiary/aromatic N) is 1. The molecule has 3 heteroatoms. The molecule has 2 rings (SSSR count). The van der Waals surface area contributed by atoms with Gasteiger partial charge < -0.3 is 9.47 Å². The molecule has 1 heterocycles. The summed E-state index contributed by atoms with van der Waals surface area (Å²) in [5, 5.41) is 8.97. The summed E-state index contributed by atoms with van der Waals surface area (Å²) < 4.78 is 11.1. The van der Waals surface area contributed by atoms with Gasteiger partial charge in [0, 0.05) is 18.6 Å². The Balaban J connectivity index is 1.64. The van der Waals surface area contributed by atoms with Gasteiger partial charge in [0.2, 0.25) is 0 Å². The average Bonchev–Trinajstić information content (AvgIpc) is 2.64. The van der Waals surface area contributed by atoms with Gasteiger partial charge in [-0.2, -0.15) is 5.26 Å². The summed E-state index contributed by atoms with van der Waals surface area (Å²) >= 11 is 0. The number of nitriles is 1. The third-order valence-electron chi connectivity index (χ3n) is 3.49. The molecule has 1 aromatic carbocycles. The van der Waals surface area contributed by atoms with E-state index in [0.29, 0.717) is 12.2 Å². The fourth-order valence-electron chi connectivity index (χ4n) is 2.24. The SMILES string of the molecule is N#Cc1ccccc1C#CC=CC#CCCCOC1CCCCO1. The maximum atomic E-state index is 8.97. The van der Waals surface area contributed by atoms with Crippen molar-refractivity contribution in [2.24, 2.45) is 0 Å². The van der Waals surface area contributed by atoms with Gasteiger partial charge in [0.05, 0.1) is 12.2 Å². The van der Waals surface area contributed by atoms with Gasteiger partial charge in [-0.1, -0.05) is 35.8 Å². The molecule has 0 aliphatic carbocycles. The van der Waals surface area contributed by atoms with Crippen LogP contribution in [0.15, 0.2) is 36.4 Å². The van der Waals surface area contributed by atoms with Crippen molar-refractivity contribution in [2.75, 3.05) is 13.2 Å². The normalized spacial score (nSPS) is 16.5. The lowest BCUT2D eigenvalue weighted by atomic mass is 10.1. The van der Waals surface area contributed by atoms with Crippen molar-refractivity contribution in [3.8, 4) is 29.8 Å². The first-order valence-electron chi connectivity index (χ1n) is 8.27. The van der Waals surface area contributed by atoms with Crippen LogP contribution in [0.3, 0.4) is 0 Å². The second-order valence-electron chi connectivity index (χ2n) is 5.35. The molecule has 0 radical (unpaired) electrons. The molecule has 0 aromatic heterocycles. The number of benzene rings is 1. The summed E-state index contributed by atoms with van der Waals surface area (Å²) in [5.41, 5.74) is 1.33. The quantitative estimate of drug-likeness (QED) is 0.626. The molecular weight excluding hydrogens is 298 g/mol. The summed E-state index contributed by atoms with van der Waals surface area (Å²) in [6.07, 6.45) is 8.45. The van der Waals surface area contributed by atoms with Crippen LogP contribution in [0.5, 0.6) is 0 Å². The lowest BCUT2D eigenvalue weighted by Crippen LogP contribution is -2.22. The number of unbranched alkanes of at least 4 members (excludes halogenated alkanes) is 1. The van der Waals surface area contributed by atoms with Crippen LogP contribution in [0.4, 0.5) is 0 Å². The molecule has 3 nitrogen and oxygen atoms in total. The van der Waals surface area contributed by atoms with Gasteiger partial charge in [-0.25, -0.2) is 0 Å². The smallest absolute Gasteiger partial charge is 0.157 e. The van der Waals surface area contributed by atoms with Crippen LogP contribution in [0.2, 0.25) is 0 Å². The van der Waals surface area contributed by atoms with E-state index in [0.717, 1.165) is 37.9 Å². The van der Waals surface area contributed by atoms with E-state index in [1.165, 1.54) is 6.42 Å². The van der Waals surface area contributed by atoms with Crippen LogP contribution in [0.25, 0.3) is 0 Å². The monoisotopic (exact) mass is 319 g/mol. The number of hydrogen-bond donors (Lipinski definition) is 0. The van der Waals surface area contributed by atoms with Crippen LogP contribution < -0.4 is 0 Å². The molecule has 0 N–H and O–H groups in total. The van der Waals surface area contributed by atoms with Crippen molar-refractivity contribution in [3.63, 3.8) is 0 Å². The summed E-state index contributed by atoms with van der Waals surface area (Å²) in [6.45, 7) is 1.50. The van der Waals surface area contributed by atoms with E-state index in [1.807, 2.05) is 18.2 Å². The lowest BCUT2D eigenvalue weighted by Gasteiger charge is -2.22. The highest BCUT2D eigenvalue weighted by molar-refractivity contribution is 5.48. The van der Waals surface area contributed by atoms with Gasteiger partial charge in [-0.15, -0.1) is 0 Å². The fraction of sp³-hybridized carbons (Fsp3) is 0.381. The molecular formula is C21H21NO2. The maximum Gasteiger partial charge on any atom is 0.157 e. The molecule has 0 saturated carbocycles. The molecule has 1 unspecified atom stereocenters. The van der Waals surface area contributed by atoms with Crippen molar-refractivity contribution in [2.45, 2.75) is 38.4 Å². The molecule has 0 bridgehead atoms. The van der Waals surface area contributed by atoms with Gasteiger partial charge in [0.1, 0.15) is 6.07 Å². The van der Waals surface area contributed by atoms with Crippen molar-refractivity contribution in [1.82, 2.24) is 0 Å². The maximum absolute atomic E-state index is 8.97. The fourth-order valence-corrected chi connectivity index (χ4v) is 2.24. The Labute approximate surface area is 144 Å². The minimum atomic E-state index is -0.0156.